The van der Waals surface area contributed by atoms with E-state index in [4.69, 9.17) is 0 Å². The SMILES string of the molecule is CC(C)NC(=O)CN1CCN(c2ccc(NS(C)(=O)=O)cc2C(=O)O)CC1. The van der Waals surface area contributed by atoms with Crippen LogP contribution in [0, 0.1) is 0 Å². The topological polar surface area (TPSA) is 119 Å². The lowest BCUT2D eigenvalue weighted by Gasteiger charge is -2.36. The van der Waals surface area contributed by atoms with E-state index in [0.717, 1.165) is 6.26 Å². The minimum absolute atomic E-state index is 0.0270. The summed E-state index contributed by atoms with van der Waals surface area (Å²) in [6.07, 6.45) is 1.01. The molecule has 1 fully saturated rings. The van der Waals surface area contributed by atoms with Gasteiger partial charge >= 0.3 is 5.97 Å². The van der Waals surface area contributed by atoms with Gasteiger partial charge in [0.05, 0.1) is 24.1 Å². The Morgan fingerprint density at radius 2 is 1.81 bits per heavy atom. The van der Waals surface area contributed by atoms with Crippen LogP contribution >= 0.6 is 0 Å². The van der Waals surface area contributed by atoms with Gasteiger partial charge in [-0.15, -0.1) is 0 Å². The third kappa shape index (κ3) is 6.40. The zero-order chi connectivity index (χ0) is 20.2. The molecule has 0 aliphatic carbocycles. The molecule has 10 heteroatoms. The van der Waals surface area contributed by atoms with E-state index < -0.39 is 16.0 Å². The van der Waals surface area contributed by atoms with Crippen LogP contribution in [0.3, 0.4) is 0 Å². The van der Waals surface area contributed by atoms with E-state index >= 15 is 0 Å². The number of carboxylic acids is 1. The molecule has 0 bridgehead atoms. The van der Waals surface area contributed by atoms with Crippen molar-refractivity contribution in [3.63, 3.8) is 0 Å². The maximum atomic E-state index is 11.9. The van der Waals surface area contributed by atoms with Gasteiger partial charge in [0.2, 0.25) is 15.9 Å². The van der Waals surface area contributed by atoms with Crippen molar-refractivity contribution in [1.82, 2.24) is 10.2 Å². The Bertz CT molecular complexity index is 802. The molecule has 0 spiro atoms. The molecule has 1 aliphatic rings. The van der Waals surface area contributed by atoms with Crippen LogP contribution in [0.4, 0.5) is 11.4 Å². The maximum Gasteiger partial charge on any atom is 0.337 e. The Kier molecular flexibility index (Phi) is 6.66. The number of hydrogen-bond donors (Lipinski definition) is 3. The average molecular weight is 398 g/mol. The Labute approximate surface area is 159 Å². The van der Waals surface area contributed by atoms with Crippen molar-refractivity contribution in [2.45, 2.75) is 19.9 Å². The molecule has 1 aliphatic heterocycles. The number of piperazine rings is 1. The van der Waals surface area contributed by atoms with Gasteiger partial charge in [-0.2, -0.15) is 0 Å². The van der Waals surface area contributed by atoms with E-state index in [2.05, 4.69) is 10.0 Å². The number of hydrogen-bond acceptors (Lipinski definition) is 6. The lowest BCUT2D eigenvalue weighted by atomic mass is 10.1. The molecule has 1 saturated heterocycles. The van der Waals surface area contributed by atoms with Gasteiger partial charge < -0.3 is 15.3 Å². The number of sulfonamides is 1. The first-order valence-corrected chi connectivity index (χ1v) is 10.6. The molecule has 1 amide bonds. The number of benzene rings is 1. The van der Waals surface area contributed by atoms with Crippen molar-refractivity contribution < 1.29 is 23.1 Å². The molecule has 0 saturated carbocycles. The minimum Gasteiger partial charge on any atom is -0.478 e. The van der Waals surface area contributed by atoms with E-state index in [1.54, 1.807) is 12.1 Å². The van der Waals surface area contributed by atoms with Gasteiger partial charge in [-0.1, -0.05) is 0 Å². The first-order valence-electron chi connectivity index (χ1n) is 8.67. The Morgan fingerprint density at radius 1 is 1.19 bits per heavy atom. The summed E-state index contributed by atoms with van der Waals surface area (Å²) in [7, 11) is -3.49. The first kappa shape index (κ1) is 21.0. The van der Waals surface area contributed by atoms with Gasteiger partial charge in [0, 0.05) is 37.9 Å². The second-order valence-corrected chi connectivity index (χ2v) is 8.65. The van der Waals surface area contributed by atoms with Crippen LogP contribution in [0.25, 0.3) is 0 Å². The highest BCUT2D eigenvalue weighted by atomic mass is 32.2. The summed E-state index contributed by atoms with van der Waals surface area (Å²) in [5, 5.41) is 12.4. The number of rotatable bonds is 7. The van der Waals surface area contributed by atoms with E-state index in [0.29, 0.717) is 38.4 Å². The fourth-order valence-electron chi connectivity index (χ4n) is 2.98. The second-order valence-electron chi connectivity index (χ2n) is 6.90. The van der Waals surface area contributed by atoms with E-state index in [1.165, 1.54) is 6.07 Å². The summed E-state index contributed by atoms with van der Waals surface area (Å²) in [6, 6.07) is 4.57. The molecule has 27 heavy (non-hydrogen) atoms. The predicted octanol–water partition coefficient (Wildman–Crippen LogP) is 0.403. The molecule has 0 unspecified atom stereocenters. The highest BCUT2D eigenvalue weighted by Crippen LogP contribution is 2.26. The molecular formula is C17H26N4O5S. The Morgan fingerprint density at radius 3 is 2.33 bits per heavy atom. The quantitative estimate of drug-likeness (QED) is 0.608. The minimum atomic E-state index is -3.49. The standard InChI is InChI=1S/C17H26N4O5S/c1-12(2)18-16(22)11-20-6-8-21(9-7-20)15-5-4-13(19-27(3,25)26)10-14(15)17(23)24/h4-5,10,12,19H,6-9,11H2,1-3H3,(H,18,22)(H,23,24). The van der Waals surface area contributed by atoms with Crippen molar-refractivity contribution in [2.24, 2.45) is 0 Å². The number of carbonyl (C=O) groups excluding carboxylic acids is 1. The van der Waals surface area contributed by atoms with Crippen LogP contribution in [-0.4, -0.2) is 75.3 Å². The summed E-state index contributed by atoms with van der Waals surface area (Å²) in [6.45, 7) is 6.55. The van der Waals surface area contributed by atoms with E-state index in [9.17, 15) is 23.1 Å². The summed E-state index contributed by atoms with van der Waals surface area (Å²) in [5.74, 6) is -1.15. The van der Waals surface area contributed by atoms with Crippen LogP contribution in [0.5, 0.6) is 0 Å². The highest BCUT2D eigenvalue weighted by molar-refractivity contribution is 7.92. The van der Waals surface area contributed by atoms with Crippen molar-refractivity contribution in [3.05, 3.63) is 23.8 Å². The van der Waals surface area contributed by atoms with E-state index in [-0.39, 0.29) is 23.2 Å². The van der Waals surface area contributed by atoms with Crippen molar-refractivity contribution in [1.29, 1.82) is 0 Å². The number of amides is 1. The van der Waals surface area contributed by atoms with Gasteiger partial charge in [-0.25, -0.2) is 13.2 Å². The smallest absolute Gasteiger partial charge is 0.337 e. The fourth-order valence-corrected chi connectivity index (χ4v) is 3.53. The first-order chi connectivity index (χ1) is 12.5. The number of nitrogens with zero attached hydrogens (tertiary/aromatic N) is 2. The van der Waals surface area contributed by atoms with Crippen LogP contribution in [0.1, 0.15) is 24.2 Å². The zero-order valence-electron chi connectivity index (χ0n) is 15.7. The molecule has 1 aromatic rings. The van der Waals surface area contributed by atoms with Crippen LogP contribution in [-0.2, 0) is 14.8 Å². The van der Waals surface area contributed by atoms with E-state index in [1.807, 2.05) is 23.6 Å². The molecule has 0 aromatic heterocycles. The normalized spacial score (nSPS) is 15.6. The second kappa shape index (κ2) is 8.57. The number of nitrogens with one attached hydrogen (secondary N) is 2. The summed E-state index contributed by atoms with van der Waals surface area (Å²) < 4.78 is 25.0. The third-order valence-corrected chi connectivity index (χ3v) is 4.67. The molecule has 3 N–H and O–H groups in total. The van der Waals surface area contributed by atoms with Gasteiger partial charge in [-0.05, 0) is 32.0 Å². The summed E-state index contributed by atoms with van der Waals surface area (Å²) >= 11 is 0. The van der Waals surface area contributed by atoms with Gasteiger partial charge in [-0.3, -0.25) is 14.4 Å². The summed E-state index contributed by atoms with van der Waals surface area (Å²) in [5.41, 5.74) is 0.783. The molecule has 2 rings (SSSR count). The molecular weight excluding hydrogens is 372 g/mol. The zero-order valence-corrected chi connectivity index (χ0v) is 16.5. The molecule has 0 atom stereocenters. The molecule has 0 radical (unpaired) electrons. The summed E-state index contributed by atoms with van der Waals surface area (Å²) in [4.78, 5) is 27.5. The monoisotopic (exact) mass is 398 g/mol. The maximum absolute atomic E-state index is 11.9. The molecule has 150 valence electrons. The number of anilines is 2. The molecule has 9 nitrogen and oxygen atoms in total. The lowest BCUT2D eigenvalue weighted by Crippen LogP contribution is -2.50. The van der Waals surface area contributed by atoms with Crippen LogP contribution < -0.4 is 14.9 Å². The highest BCUT2D eigenvalue weighted by Gasteiger charge is 2.23. The van der Waals surface area contributed by atoms with Crippen LogP contribution in [0.15, 0.2) is 18.2 Å². The average Bonchev–Trinajstić information content (AvgIpc) is 2.53. The Hall–Kier alpha value is -2.33. The Balaban J connectivity index is 2.06. The van der Waals surface area contributed by atoms with Crippen LogP contribution in [0.2, 0.25) is 0 Å². The molecule has 1 heterocycles. The third-order valence-electron chi connectivity index (χ3n) is 4.06. The van der Waals surface area contributed by atoms with Gasteiger partial charge in [0.1, 0.15) is 0 Å². The van der Waals surface area contributed by atoms with Gasteiger partial charge in [0.15, 0.2) is 0 Å². The fraction of sp³-hybridized carbons (Fsp3) is 0.529. The lowest BCUT2D eigenvalue weighted by molar-refractivity contribution is -0.122. The molecule has 1 aromatic carbocycles. The number of carbonyl (C=O) groups is 2. The van der Waals surface area contributed by atoms with Crippen molar-refractivity contribution >= 4 is 33.3 Å². The van der Waals surface area contributed by atoms with Crippen molar-refractivity contribution in [2.75, 3.05) is 48.6 Å². The van der Waals surface area contributed by atoms with Gasteiger partial charge in [0.25, 0.3) is 0 Å². The van der Waals surface area contributed by atoms with Crippen molar-refractivity contribution in [3.8, 4) is 0 Å². The predicted molar refractivity (Wildman–Crippen MR) is 104 cm³/mol. The number of carboxylic acid groups (broad SMARTS) is 1. The largest absolute Gasteiger partial charge is 0.478 e. The number of aromatic carboxylic acids is 1.